The highest BCUT2D eigenvalue weighted by atomic mass is 16.4. The van der Waals surface area contributed by atoms with Gasteiger partial charge >= 0.3 is 5.97 Å². The number of rotatable bonds is 6. The zero-order valence-electron chi connectivity index (χ0n) is 10.9. The number of hydrogen-bond acceptors (Lipinski definition) is 2. The Balaban J connectivity index is 2.80. The third kappa shape index (κ3) is 4.45. The van der Waals surface area contributed by atoms with Crippen LogP contribution in [0.3, 0.4) is 0 Å². The van der Waals surface area contributed by atoms with Crippen LogP contribution in [0.1, 0.15) is 19.4 Å². The Hall–Kier alpha value is -2.03. The van der Waals surface area contributed by atoms with Crippen LogP contribution in [0.15, 0.2) is 42.5 Å². The van der Waals surface area contributed by atoms with Gasteiger partial charge in [-0.1, -0.05) is 24.3 Å². The lowest BCUT2D eigenvalue weighted by molar-refractivity contribution is -0.131. The third-order valence-corrected chi connectivity index (χ3v) is 2.52. The Morgan fingerprint density at radius 1 is 1.39 bits per heavy atom. The first-order valence-electron chi connectivity index (χ1n) is 5.93. The van der Waals surface area contributed by atoms with E-state index in [2.05, 4.69) is 18.4 Å². The fourth-order valence-corrected chi connectivity index (χ4v) is 1.68. The summed E-state index contributed by atoms with van der Waals surface area (Å²) < 4.78 is 0. The fraction of sp³-hybridized carbons (Fsp3) is 0.267. The first-order valence-corrected chi connectivity index (χ1v) is 5.93. The van der Waals surface area contributed by atoms with Gasteiger partial charge in [0.15, 0.2) is 0 Å². The molecule has 0 bridgehead atoms. The van der Waals surface area contributed by atoms with Gasteiger partial charge < -0.3 is 10.0 Å². The van der Waals surface area contributed by atoms with E-state index in [1.54, 1.807) is 6.08 Å². The second-order valence-electron chi connectivity index (χ2n) is 4.23. The van der Waals surface area contributed by atoms with Gasteiger partial charge in [-0.05, 0) is 37.6 Å². The highest BCUT2D eigenvalue weighted by Gasteiger charge is 2.03. The molecule has 0 spiro atoms. The van der Waals surface area contributed by atoms with Crippen molar-refractivity contribution in [3.63, 3.8) is 0 Å². The van der Waals surface area contributed by atoms with Gasteiger partial charge in [-0.15, -0.1) is 0 Å². The molecule has 0 aliphatic rings. The van der Waals surface area contributed by atoms with Gasteiger partial charge in [0.05, 0.1) is 0 Å². The van der Waals surface area contributed by atoms with E-state index in [0.717, 1.165) is 36.0 Å². The van der Waals surface area contributed by atoms with E-state index in [1.165, 1.54) is 0 Å². The van der Waals surface area contributed by atoms with Gasteiger partial charge in [0.2, 0.25) is 0 Å². The average Bonchev–Trinajstić information content (AvgIpc) is 2.34. The fourth-order valence-electron chi connectivity index (χ4n) is 1.68. The maximum atomic E-state index is 10.4. The molecule has 0 radical (unpaired) electrons. The van der Waals surface area contributed by atoms with Gasteiger partial charge in [0.1, 0.15) is 0 Å². The summed E-state index contributed by atoms with van der Waals surface area (Å²) in [5.41, 5.74) is 3.12. The molecule has 0 saturated heterocycles. The molecule has 0 saturated carbocycles. The molecule has 0 unspecified atom stereocenters. The van der Waals surface area contributed by atoms with Gasteiger partial charge in [-0.2, -0.15) is 0 Å². The van der Waals surface area contributed by atoms with E-state index in [9.17, 15) is 4.79 Å². The number of anilines is 1. The molecule has 1 rings (SSSR count). The molecule has 0 aromatic heterocycles. The summed E-state index contributed by atoms with van der Waals surface area (Å²) in [5.74, 6) is -0.934. The van der Waals surface area contributed by atoms with E-state index >= 15 is 0 Å². The van der Waals surface area contributed by atoms with Gasteiger partial charge in [-0.3, -0.25) is 0 Å². The molecule has 3 nitrogen and oxygen atoms in total. The molecule has 0 amide bonds. The molecule has 0 aliphatic carbocycles. The molecule has 1 aromatic carbocycles. The van der Waals surface area contributed by atoms with Crippen LogP contribution in [0.5, 0.6) is 0 Å². The predicted molar refractivity (Wildman–Crippen MR) is 75.8 cm³/mol. The molecule has 0 aliphatic heterocycles. The number of carboxylic acids is 1. The summed E-state index contributed by atoms with van der Waals surface area (Å²) in [6, 6.07) is 7.81. The van der Waals surface area contributed by atoms with Crippen molar-refractivity contribution in [3.8, 4) is 0 Å². The second kappa shape index (κ2) is 6.64. The Morgan fingerprint density at radius 2 is 2.00 bits per heavy atom. The minimum atomic E-state index is -0.934. The number of aliphatic carboxylic acids is 1. The first kappa shape index (κ1) is 14.0. The summed E-state index contributed by atoms with van der Waals surface area (Å²) in [7, 11) is 0. The third-order valence-electron chi connectivity index (χ3n) is 2.52. The van der Waals surface area contributed by atoms with Crippen LogP contribution < -0.4 is 4.90 Å². The number of likely N-dealkylation sites (N-methyl/N-ethyl adjacent to an activating group) is 1. The number of benzene rings is 1. The van der Waals surface area contributed by atoms with Gasteiger partial charge in [0.25, 0.3) is 0 Å². The Morgan fingerprint density at radius 3 is 2.44 bits per heavy atom. The van der Waals surface area contributed by atoms with Crippen molar-refractivity contribution in [1.82, 2.24) is 0 Å². The first-order chi connectivity index (χ1) is 8.52. The van der Waals surface area contributed by atoms with Crippen molar-refractivity contribution in [1.29, 1.82) is 0 Å². The molecule has 3 heteroatoms. The van der Waals surface area contributed by atoms with E-state index in [0.29, 0.717) is 0 Å². The normalized spacial score (nSPS) is 10.6. The SMILES string of the molecule is C=C(C)CN(CC)c1ccc(/C=C/C(=O)O)cc1. The maximum Gasteiger partial charge on any atom is 0.328 e. The Bertz CT molecular complexity index is 446. The van der Waals surface area contributed by atoms with E-state index < -0.39 is 5.97 Å². The standard InChI is InChI=1S/C15H19NO2/c1-4-16(11-12(2)3)14-8-5-13(6-9-14)7-10-15(17)18/h5-10H,2,4,11H2,1,3H3,(H,17,18)/b10-7+. The van der Waals surface area contributed by atoms with Crippen LogP contribution >= 0.6 is 0 Å². The summed E-state index contributed by atoms with van der Waals surface area (Å²) in [6.07, 6.45) is 2.72. The van der Waals surface area contributed by atoms with E-state index in [4.69, 9.17) is 5.11 Å². The number of carbonyl (C=O) groups is 1. The van der Waals surface area contributed by atoms with E-state index in [-0.39, 0.29) is 0 Å². The summed E-state index contributed by atoms with van der Waals surface area (Å²) in [4.78, 5) is 12.6. The summed E-state index contributed by atoms with van der Waals surface area (Å²) in [6.45, 7) is 9.77. The molecule has 0 fully saturated rings. The van der Waals surface area contributed by atoms with Crippen molar-refractivity contribution >= 4 is 17.7 Å². The van der Waals surface area contributed by atoms with Crippen molar-refractivity contribution in [2.45, 2.75) is 13.8 Å². The van der Waals surface area contributed by atoms with Crippen molar-refractivity contribution in [2.75, 3.05) is 18.0 Å². The molecular formula is C15H19NO2. The second-order valence-corrected chi connectivity index (χ2v) is 4.23. The number of carboxylic acid groups (broad SMARTS) is 1. The highest BCUT2D eigenvalue weighted by molar-refractivity contribution is 5.85. The van der Waals surface area contributed by atoms with Crippen LogP contribution in [-0.2, 0) is 4.79 Å². The molecule has 0 atom stereocenters. The largest absolute Gasteiger partial charge is 0.478 e. The lowest BCUT2D eigenvalue weighted by atomic mass is 10.1. The molecule has 1 N–H and O–H groups in total. The van der Waals surface area contributed by atoms with Gasteiger partial charge in [-0.25, -0.2) is 4.79 Å². The van der Waals surface area contributed by atoms with Crippen LogP contribution in [0.2, 0.25) is 0 Å². The van der Waals surface area contributed by atoms with Crippen molar-refractivity contribution < 1.29 is 9.90 Å². The molecule has 96 valence electrons. The highest BCUT2D eigenvalue weighted by Crippen LogP contribution is 2.16. The lowest BCUT2D eigenvalue weighted by Gasteiger charge is -2.23. The zero-order valence-corrected chi connectivity index (χ0v) is 10.9. The lowest BCUT2D eigenvalue weighted by Crippen LogP contribution is -2.24. The Kier molecular flexibility index (Phi) is 5.18. The quantitative estimate of drug-likeness (QED) is 0.618. The summed E-state index contributed by atoms with van der Waals surface area (Å²) >= 11 is 0. The van der Waals surface area contributed by atoms with Crippen LogP contribution in [0.25, 0.3) is 6.08 Å². The number of hydrogen-bond donors (Lipinski definition) is 1. The molecule has 1 aromatic rings. The minimum absolute atomic E-state index is 0.834. The monoisotopic (exact) mass is 245 g/mol. The molecule has 18 heavy (non-hydrogen) atoms. The molecular weight excluding hydrogens is 226 g/mol. The summed E-state index contributed by atoms with van der Waals surface area (Å²) in [5, 5.41) is 8.55. The van der Waals surface area contributed by atoms with Gasteiger partial charge in [0, 0.05) is 24.9 Å². The smallest absolute Gasteiger partial charge is 0.328 e. The van der Waals surface area contributed by atoms with Crippen molar-refractivity contribution in [3.05, 3.63) is 48.1 Å². The Labute approximate surface area is 108 Å². The maximum absolute atomic E-state index is 10.4. The van der Waals surface area contributed by atoms with Crippen LogP contribution in [0.4, 0.5) is 5.69 Å². The minimum Gasteiger partial charge on any atom is -0.478 e. The van der Waals surface area contributed by atoms with Crippen LogP contribution in [0, 0.1) is 0 Å². The van der Waals surface area contributed by atoms with E-state index in [1.807, 2.05) is 31.2 Å². The molecule has 0 heterocycles. The zero-order chi connectivity index (χ0) is 13.5. The van der Waals surface area contributed by atoms with Crippen LogP contribution in [-0.4, -0.2) is 24.2 Å². The number of nitrogens with zero attached hydrogens (tertiary/aromatic N) is 1. The average molecular weight is 245 g/mol. The van der Waals surface area contributed by atoms with Crippen molar-refractivity contribution in [2.24, 2.45) is 0 Å². The predicted octanol–water partition coefficient (Wildman–Crippen LogP) is 3.19. The topological polar surface area (TPSA) is 40.5 Å².